The van der Waals surface area contributed by atoms with Crippen LogP contribution in [-0.4, -0.2) is 83.4 Å². The molecule has 0 bridgehead atoms. The fourth-order valence-corrected chi connectivity index (χ4v) is 7.37. The van der Waals surface area contributed by atoms with Crippen molar-refractivity contribution in [2.45, 2.75) is 126 Å². The molecular formula is C27H44N4O8S. The fraction of sp³-hybridized carbons (Fsp3) is 0.852. The summed E-state index contributed by atoms with van der Waals surface area (Å²) >= 11 is 0. The van der Waals surface area contributed by atoms with Gasteiger partial charge in [-0.15, -0.1) is 0 Å². The maximum atomic E-state index is 13.7. The number of aliphatic hydroxyl groups excluding tert-OH is 1. The minimum Gasteiger partial charge on any atom is -0.444 e. The summed E-state index contributed by atoms with van der Waals surface area (Å²) in [6, 6.07) is -2.02. The minimum atomic E-state index is -3.82. The van der Waals surface area contributed by atoms with Gasteiger partial charge in [0.2, 0.25) is 21.8 Å². The molecule has 2 saturated carbocycles. The molecule has 0 aromatic heterocycles. The Morgan fingerprint density at radius 1 is 1.07 bits per heavy atom. The molecule has 0 spiro atoms. The van der Waals surface area contributed by atoms with Crippen molar-refractivity contribution in [2.24, 2.45) is 11.8 Å². The molecule has 4 N–H and O–H groups in total. The number of alkyl carbamates (subject to hydrolysis) is 1. The highest BCUT2D eigenvalue weighted by Crippen LogP contribution is 2.50. The SMILES string of the molecule is CC1CCCCCC[C@H](NC(=O)OC(C)(C)C)C(=O)N2C[C@H](O)C[C@H]2C(=O)N[C@]2(C(=O)NS(=O)(=O)C3CC3)C[C@@H]12. The summed E-state index contributed by atoms with van der Waals surface area (Å²) in [5, 5.41) is 15.3. The zero-order valence-electron chi connectivity index (χ0n) is 23.9. The number of nitrogens with zero attached hydrogens (tertiary/aromatic N) is 1. The van der Waals surface area contributed by atoms with Crippen molar-refractivity contribution in [2.75, 3.05) is 6.54 Å². The van der Waals surface area contributed by atoms with Gasteiger partial charge in [0, 0.05) is 13.0 Å². The van der Waals surface area contributed by atoms with Gasteiger partial charge < -0.3 is 25.4 Å². The molecule has 0 aromatic carbocycles. The number of carbonyl (C=O) groups is 4. The predicted octanol–water partition coefficient (Wildman–Crippen LogP) is 1.32. The van der Waals surface area contributed by atoms with Crippen LogP contribution < -0.4 is 15.4 Å². The first kappa shape index (κ1) is 30.5. The predicted molar refractivity (Wildman–Crippen MR) is 145 cm³/mol. The zero-order valence-corrected chi connectivity index (χ0v) is 24.7. The summed E-state index contributed by atoms with van der Waals surface area (Å²) in [4.78, 5) is 54.6. The lowest BCUT2D eigenvalue weighted by Crippen LogP contribution is -2.58. The maximum Gasteiger partial charge on any atom is 0.408 e. The molecule has 0 radical (unpaired) electrons. The highest BCUT2D eigenvalue weighted by molar-refractivity contribution is 7.91. The third kappa shape index (κ3) is 7.07. The smallest absolute Gasteiger partial charge is 0.408 e. The molecule has 2 aliphatic heterocycles. The van der Waals surface area contributed by atoms with Crippen LogP contribution in [0, 0.1) is 11.8 Å². The summed E-state index contributed by atoms with van der Waals surface area (Å²) in [5.74, 6) is -2.05. The van der Waals surface area contributed by atoms with Crippen LogP contribution in [0.4, 0.5) is 4.79 Å². The molecule has 2 saturated heterocycles. The van der Waals surface area contributed by atoms with Crippen LogP contribution in [0.5, 0.6) is 0 Å². The highest BCUT2D eigenvalue weighted by atomic mass is 32.2. The molecular weight excluding hydrogens is 540 g/mol. The molecule has 0 aromatic rings. The van der Waals surface area contributed by atoms with E-state index >= 15 is 0 Å². The first-order valence-electron chi connectivity index (χ1n) is 14.5. The number of aliphatic hydroxyl groups is 1. The average molecular weight is 585 g/mol. The van der Waals surface area contributed by atoms with Crippen LogP contribution in [0.2, 0.25) is 0 Å². The Kier molecular flexibility index (Phi) is 8.75. The molecule has 2 heterocycles. The first-order chi connectivity index (χ1) is 18.6. The third-order valence-electron chi connectivity index (χ3n) is 8.41. The second-order valence-electron chi connectivity index (χ2n) is 13.0. The van der Waals surface area contributed by atoms with Gasteiger partial charge in [-0.05, 0) is 58.3 Å². The van der Waals surface area contributed by atoms with E-state index < -0.39 is 68.4 Å². The van der Waals surface area contributed by atoms with Gasteiger partial charge in [-0.25, -0.2) is 13.2 Å². The average Bonchev–Trinajstić information content (AvgIpc) is 3.75. The van der Waals surface area contributed by atoms with Gasteiger partial charge in [0.05, 0.1) is 11.4 Å². The first-order valence-corrected chi connectivity index (χ1v) is 16.0. The maximum absolute atomic E-state index is 13.7. The number of carbonyl (C=O) groups excluding carboxylic acids is 4. The van der Waals surface area contributed by atoms with Crippen LogP contribution in [0.1, 0.15) is 91.9 Å². The number of fused-ring (bicyclic) bond motifs is 2. The van der Waals surface area contributed by atoms with Crippen molar-refractivity contribution in [1.29, 1.82) is 0 Å². The van der Waals surface area contributed by atoms with Crippen molar-refractivity contribution < 1.29 is 37.4 Å². The van der Waals surface area contributed by atoms with Crippen LogP contribution >= 0.6 is 0 Å². The molecule has 226 valence electrons. The van der Waals surface area contributed by atoms with Crippen LogP contribution in [0.25, 0.3) is 0 Å². The number of sulfonamides is 1. The normalized spacial score (nSPS) is 33.9. The second-order valence-corrected chi connectivity index (χ2v) is 15.0. The number of ether oxygens (including phenoxy) is 1. The topological polar surface area (TPSA) is 171 Å². The third-order valence-corrected chi connectivity index (χ3v) is 10.2. The van der Waals surface area contributed by atoms with E-state index in [9.17, 15) is 32.7 Å². The zero-order chi connectivity index (χ0) is 29.5. The Bertz CT molecular complexity index is 1120. The number of hydrogen-bond acceptors (Lipinski definition) is 8. The second kappa shape index (κ2) is 11.5. The van der Waals surface area contributed by atoms with Gasteiger partial charge in [-0.2, -0.15) is 0 Å². The van der Waals surface area contributed by atoms with E-state index in [0.717, 1.165) is 25.7 Å². The lowest BCUT2D eigenvalue weighted by molar-refractivity contribution is -0.141. The molecule has 13 heteroatoms. The van der Waals surface area contributed by atoms with E-state index in [1.807, 2.05) is 6.92 Å². The van der Waals surface area contributed by atoms with Gasteiger partial charge in [-0.3, -0.25) is 19.1 Å². The Morgan fingerprint density at radius 3 is 2.35 bits per heavy atom. The van der Waals surface area contributed by atoms with Gasteiger partial charge in [-0.1, -0.05) is 39.0 Å². The lowest BCUT2D eigenvalue weighted by Gasteiger charge is -2.30. The van der Waals surface area contributed by atoms with E-state index in [0.29, 0.717) is 32.1 Å². The van der Waals surface area contributed by atoms with Crippen LogP contribution in [0.3, 0.4) is 0 Å². The Balaban J connectivity index is 1.58. The molecule has 1 unspecified atom stereocenters. The van der Waals surface area contributed by atoms with Gasteiger partial charge in [0.15, 0.2) is 0 Å². The van der Waals surface area contributed by atoms with E-state index in [-0.39, 0.29) is 24.8 Å². The molecule has 40 heavy (non-hydrogen) atoms. The van der Waals surface area contributed by atoms with E-state index in [2.05, 4.69) is 15.4 Å². The van der Waals surface area contributed by atoms with Gasteiger partial charge >= 0.3 is 6.09 Å². The molecule has 2 aliphatic carbocycles. The summed E-state index contributed by atoms with van der Waals surface area (Å²) in [5.41, 5.74) is -2.16. The highest BCUT2D eigenvalue weighted by Gasteiger charge is 2.64. The molecule has 4 fully saturated rings. The van der Waals surface area contributed by atoms with Crippen molar-refractivity contribution >= 4 is 33.8 Å². The lowest BCUT2D eigenvalue weighted by atomic mass is 9.94. The van der Waals surface area contributed by atoms with E-state index in [1.54, 1.807) is 20.8 Å². The summed E-state index contributed by atoms with van der Waals surface area (Å²) < 4.78 is 32.7. The van der Waals surface area contributed by atoms with Crippen molar-refractivity contribution in [1.82, 2.24) is 20.3 Å². The van der Waals surface area contributed by atoms with E-state index in [4.69, 9.17) is 4.74 Å². The Labute approximate surface area is 236 Å². The quantitative estimate of drug-likeness (QED) is 0.383. The van der Waals surface area contributed by atoms with Gasteiger partial charge in [0.25, 0.3) is 5.91 Å². The molecule has 4 aliphatic rings. The largest absolute Gasteiger partial charge is 0.444 e. The summed E-state index contributed by atoms with van der Waals surface area (Å²) in [7, 11) is -3.82. The Morgan fingerprint density at radius 2 is 1.73 bits per heavy atom. The van der Waals surface area contributed by atoms with Gasteiger partial charge in [0.1, 0.15) is 23.2 Å². The summed E-state index contributed by atoms with van der Waals surface area (Å²) in [6.45, 7) is 7.07. The number of hydrogen-bond donors (Lipinski definition) is 4. The number of amides is 4. The standard InChI is InChI=1S/C27H44N4O8S/c1-16-9-7-5-6-8-10-20(28-25(36)39-26(2,3)4)23(34)31-15-17(32)13-21(31)22(33)29-27(14-19(16)27)24(35)30-40(37,38)18-11-12-18/h16-21,32H,5-15H2,1-4H3,(H,28,36)(H,29,33)(H,30,35)/t16?,17-,19+,20+,21+,27-/m1/s1. The number of rotatable bonds is 4. The molecule has 6 atom stereocenters. The summed E-state index contributed by atoms with van der Waals surface area (Å²) in [6.07, 6.45) is 3.97. The van der Waals surface area contributed by atoms with Crippen LogP contribution in [0.15, 0.2) is 0 Å². The Hall–Kier alpha value is -2.41. The fourth-order valence-electron chi connectivity index (χ4n) is 6.00. The van der Waals surface area contributed by atoms with Crippen LogP contribution in [-0.2, 0) is 29.1 Å². The van der Waals surface area contributed by atoms with Crippen molar-refractivity contribution in [3.63, 3.8) is 0 Å². The monoisotopic (exact) mass is 584 g/mol. The van der Waals surface area contributed by atoms with Crippen molar-refractivity contribution in [3.05, 3.63) is 0 Å². The molecule has 4 rings (SSSR count). The molecule has 4 amide bonds. The molecule has 12 nitrogen and oxygen atoms in total. The van der Waals surface area contributed by atoms with Crippen molar-refractivity contribution in [3.8, 4) is 0 Å². The minimum absolute atomic E-state index is 0.0327. The van der Waals surface area contributed by atoms with E-state index in [1.165, 1.54) is 4.90 Å². The number of nitrogens with one attached hydrogen (secondary N) is 3.